The van der Waals surface area contributed by atoms with Crippen LogP contribution in [0, 0.1) is 23.7 Å². The van der Waals surface area contributed by atoms with Crippen molar-refractivity contribution in [3.8, 4) is 5.75 Å². The Morgan fingerprint density at radius 2 is 0.905 bits per heavy atom. The number of aromatic hydroxyl groups is 1. The maximum absolute atomic E-state index is 13.7. The molecule has 1 saturated heterocycles. The minimum Gasteiger partial charge on any atom is -0.508 e. The van der Waals surface area contributed by atoms with E-state index in [0.717, 1.165) is 0 Å². The highest BCUT2D eigenvalue weighted by Crippen LogP contribution is 2.15. The van der Waals surface area contributed by atoms with Gasteiger partial charge in [-0.1, -0.05) is 67.5 Å². The molecule has 1 aromatic carbocycles. The predicted molar refractivity (Wildman–Crippen MR) is 160 cm³/mol. The lowest BCUT2D eigenvalue weighted by atomic mass is 9.97. The van der Waals surface area contributed by atoms with Crippen LogP contribution in [0.4, 0.5) is 0 Å². The van der Waals surface area contributed by atoms with Gasteiger partial charge in [-0.25, -0.2) is 0 Å². The van der Waals surface area contributed by atoms with Gasteiger partial charge in [0.25, 0.3) is 0 Å². The Hall–Kier alpha value is -3.63. The van der Waals surface area contributed by atoms with Crippen LogP contribution in [0.25, 0.3) is 0 Å². The Morgan fingerprint density at radius 1 is 0.548 bits per heavy atom. The monoisotopic (exact) mass is 587 g/mol. The minimum atomic E-state index is -1.08. The van der Waals surface area contributed by atoms with Gasteiger partial charge in [0.1, 0.15) is 36.0 Å². The highest BCUT2D eigenvalue weighted by Gasteiger charge is 2.36. The molecule has 0 unspecified atom stereocenters. The number of rotatable bonds is 8. The van der Waals surface area contributed by atoms with Crippen molar-refractivity contribution in [1.29, 1.82) is 0 Å². The van der Waals surface area contributed by atoms with Crippen LogP contribution in [-0.2, 0) is 30.4 Å². The van der Waals surface area contributed by atoms with Crippen LogP contribution < -0.4 is 26.6 Å². The Labute approximate surface area is 249 Å². The van der Waals surface area contributed by atoms with Gasteiger partial charge in [-0.15, -0.1) is 0 Å². The number of phenolic OH excluding ortho intramolecular Hbond substituents is 1. The molecule has 0 aromatic heterocycles. The van der Waals surface area contributed by atoms with Gasteiger partial charge in [-0.2, -0.15) is 0 Å². The van der Waals surface area contributed by atoms with E-state index in [9.17, 15) is 29.1 Å². The van der Waals surface area contributed by atoms with Crippen molar-refractivity contribution in [2.24, 2.45) is 23.7 Å². The van der Waals surface area contributed by atoms with Gasteiger partial charge >= 0.3 is 0 Å². The van der Waals surface area contributed by atoms with Gasteiger partial charge < -0.3 is 31.7 Å². The molecule has 1 aromatic rings. The van der Waals surface area contributed by atoms with Crippen LogP contribution in [-0.4, -0.2) is 64.9 Å². The lowest BCUT2D eigenvalue weighted by Crippen LogP contribution is -2.59. The molecule has 42 heavy (non-hydrogen) atoms. The van der Waals surface area contributed by atoms with Crippen LogP contribution in [0.2, 0.25) is 0 Å². The average molecular weight is 588 g/mol. The Kier molecular flexibility index (Phi) is 12.8. The summed E-state index contributed by atoms with van der Waals surface area (Å²) in [6, 6.07) is 1.33. The highest BCUT2D eigenvalue weighted by molar-refractivity contribution is 5.98. The molecule has 2 rings (SSSR count). The molecule has 5 atom stereocenters. The molecule has 0 saturated carbocycles. The molecule has 0 aliphatic carbocycles. The summed E-state index contributed by atoms with van der Waals surface area (Å²) in [5.41, 5.74) is 0.674. The number of hydrogen-bond acceptors (Lipinski definition) is 6. The lowest BCUT2D eigenvalue weighted by molar-refractivity contribution is -0.135. The summed E-state index contributed by atoms with van der Waals surface area (Å²) < 4.78 is 0. The maximum Gasteiger partial charge on any atom is 0.243 e. The van der Waals surface area contributed by atoms with Crippen molar-refractivity contribution >= 4 is 29.5 Å². The molecule has 1 fully saturated rings. The van der Waals surface area contributed by atoms with Gasteiger partial charge in [-0.05, 0) is 54.2 Å². The summed E-state index contributed by atoms with van der Waals surface area (Å²) in [7, 11) is 0. The zero-order chi connectivity index (χ0) is 31.7. The summed E-state index contributed by atoms with van der Waals surface area (Å²) in [5.74, 6) is -3.21. The number of carbonyl (C=O) groups excluding carboxylic acids is 5. The number of phenols is 1. The highest BCUT2D eigenvalue weighted by atomic mass is 16.3. The standard InChI is InChI=1S/C31H49N5O6/c1-16(2)13-22-27(38)32-24(15-20-9-11-21(37)12-10-20)29(40)36-26(19(7)8)31(42)34-23(14-17(3)4)28(39)35-25(18(5)6)30(41)33-22/h9-12,16-19,22-26,37H,13-15H2,1-8H3,(H,32,38)(H,33,41)(H,34,42)(H,35,39)(H,36,40)/t22-,23-,24-,25+,26-/m0/s1. The summed E-state index contributed by atoms with van der Waals surface area (Å²) in [6.45, 7) is 14.8. The number of carbonyl (C=O) groups is 5. The van der Waals surface area contributed by atoms with Crippen molar-refractivity contribution in [3.63, 3.8) is 0 Å². The molecule has 1 aliphatic heterocycles. The van der Waals surface area contributed by atoms with E-state index in [1.165, 1.54) is 12.1 Å². The smallest absolute Gasteiger partial charge is 0.243 e. The van der Waals surface area contributed by atoms with E-state index in [4.69, 9.17) is 0 Å². The molecule has 0 spiro atoms. The third-order valence-electron chi connectivity index (χ3n) is 7.18. The van der Waals surface area contributed by atoms with Crippen molar-refractivity contribution in [2.45, 2.75) is 105 Å². The third kappa shape index (κ3) is 10.3. The zero-order valence-electron chi connectivity index (χ0n) is 26.1. The lowest BCUT2D eigenvalue weighted by Gasteiger charge is -2.29. The minimum absolute atomic E-state index is 0.0298. The fourth-order valence-electron chi connectivity index (χ4n) is 4.86. The van der Waals surface area contributed by atoms with Crippen LogP contribution >= 0.6 is 0 Å². The Bertz CT molecular complexity index is 1100. The first-order valence-corrected chi connectivity index (χ1v) is 14.9. The predicted octanol–water partition coefficient (Wildman–Crippen LogP) is 1.78. The van der Waals surface area contributed by atoms with E-state index < -0.39 is 59.7 Å². The normalized spacial score (nSPS) is 25.0. The fraction of sp³-hybridized carbons (Fsp3) is 0.645. The molecule has 0 radical (unpaired) electrons. The number of benzene rings is 1. The molecular formula is C31H49N5O6. The first-order valence-electron chi connectivity index (χ1n) is 14.9. The van der Waals surface area contributed by atoms with Gasteiger partial charge in [0.05, 0.1) is 0 Å². The molecule has 1 heterocycles. The largest absolute Gasteiger partial charge is 0.508 e. The summed E-state index contributed by atoms with van der Waals surface area (Å²) >= 11 is 0. The van der Waals surface area contributed by atoms with Crippen molar-refractivity contribution in [3.05, 3.63) is 29.8 Å². The van der Waals surface area contributed by atoms with E-state index in [1.54, 1.807) is 39.8 Å². The van der Waals surface area contributed by atoms with Crippen molar-refractivity contribution in [1.82, 2.24) is 26.6 Å². The van der Waals surface area contributed by atoms with Gasteiger partial charge in [0.15, 0.2) is 0 Å². The summed E-state index contributed by atoms with van der Waals surface area (Å²) in [4.78, 5) is 67.7. The first kappa shape index (κ1) is 34.6. The van der Waals surface area contributed by atoms with Crippen molar-refractivity contribution < 1.29 is 29.1 Å². The summed E-state index contributed by atoms with van der Waals surface area (Å²) in [5, 5.41) is 23.7. The number of hydrogen-bond donors (Lipinski definition) is 6. The molecule has 234 valence electrons. The van der Waals surface area contributed by atoms with E-state index in [0.29, 0.717) is 18.4 Å². The van der Waals surface area contributed by atoms with Crippen LogP contribution in [0.5, 0.6) is 5.75 Å². The van der Waals surface area contributed by atoms with Crippen LogP contribution in [0.3, 0.4) is 0 Å². The molecule has 6 N–H and O–H groups in total. The molecule has 11 heteroatoms. The zero-order valence-corrected chi connectivity index (χ0v) is 26.1. The number of amides is 5. The molecule has 1 aliphatic rings. The second kappa shape index (κ2) is 15.6. The van der Waals surface area contributed by atoms with Gasteiger partial charge in [0.2, 0.25) is 29.5 Å². The van der Waals surface area contributed by atoms with Gasteiger partial charge in [0, 0.05) is 6.42 Å². The summed E-state index contributed by atoms with van der Waals surface area (Å²) in [6.07, 6.45) is 0.702. The number of nitrogens with one attached hydrogen (secondary N) is 5. The maximum atomic E-state index is 13.7. The van der Waals surface area contributed by atoms with E-state index in [1.807, 2.05) is 27.7 Å². The Balaban J connectivity index is 2.59. The Morgan fingerprint density at radius 3 is 1.29 bits per heavy atom. The van der Waals surface area contributed by atoms with E-state index in [-0.39, 0.29) is 35.8 Å². The van der Waals surface area contributed by atoms with Crippen molar-refractivity contribution in [2.75, 3.05) is 0 Å². The topological polar surface area (TPSA) is 166 Å². The van der Waals surface area contributed by atoms with Gasteiger partial charge in [-0.3, -0.25) is 24.0 Å². The molecule has 0 bridgehead atoms. The quantitative estimate of drug-likeness (QED) is 0.271. The van der Waals surface area contributed by atoms with E-state index >= 15 is 0 Å². The molecule has 5 amide bonds. The van der Waals surface area contributed by atoms with Crippen LogP contribution in [0.1, 0.15) is 73.8 Å². The molecular weight excluding hydrogens is 538 g/mol. The molecule has 11 nitrogen and oxygen atoms in total. The fourth-order valence-corrected chi connectivity index (χ4v) is 4.86. The average Bonchev–Trinajstić information content (AvgIpc) is 2.88. The second-order valence-electron chi connectivity index (χ2n) is 12.8. The van der Waals surface area contributed by atoms with E-state index in [2.05, 4.69) is 26.6 Å². The first-order chi connectivity index (χ1) is 19.6. The SMILES string of the molecule is CC(C)C[C@@H]1NC(=O)[C@H](C(C)C)NC(=O)[C@H](Cc2ccc(O)cc2)NC(=O)[C@H](CC(C)C)NC(=O)[C@@H](C(C)C)NC1=O. The second-order valence-corrected chi connectivity index (χ2v) is 12.8. The van der Waals surface area contributed by atoms with Crippen LogP contribution in [0.15, 0.2) is 24.3 Å². The third-order valence-corrected chi connectivity index (χ3v) is 7.18.